The number of hydrazone groups is 1. The zero-order chi connectivity index (χ0) is 17.4. The summed E-state index contributed by atoms with van der Waals surface area (Å²) in [5.74, 6) is -0.456. The number of alkyl halides is 3. The molecule has 24 heavy (non-hydrogen) atoms. The lowest BCUT2D eigenvalue weighted by atomic mass is 9.75. The Morgan fingerprint density at radius 1 is 1.33 bits per heavy atom. The molecule has 1 aromatic carbocycles. The molecular formula is C16H17ClF3N3O. The van der Waals surface area contributed by atoms with Crippen molar-refractivity contribution in [1.29, 1.82) is 0 Å². The normalized spacial score (nSPS) is 26.4. The molecule has 0 saturated heterocycles. The fourth-order valence-electron chi connectivity index (χ4n) is 3.26. The predicted molar refractivity (Wildman–Crippen MR) is 86.0 cm³/mol. The van der Waals surface area contributed by atoms with Crippen LogP contribution < -0.4 is 10.7 Å². The minimum Gasteiger partial charge on any atom is -0.326 e. The third-order valence-electron chi connectivity index (χ3n) is 4.73. The van der Waals surface area contributed by atoms with Gasteiger partial charge in [-0.2, -0.15) is 18.3 Å². The average Bonchev–Trinajstić information content (AvgIpc) is 2.97. The number of anilines is 1. The molecular weight excluding hydrogens is 343 g/mol. The topological polar surface area (TPSA) is 53.5 Å². The number of carbonyl (C=O) groups excluding carboxylic acids is 1. The molecule has 1 heterocycles. The molecule has 0 atom stereocenters. The Bertz CT molecular complexity index is 657. The summed E-state index contributed by atoms with van der Waals surface area (Å²) < 4.78 is 38.6. The molecule has 1 aliphatic heterocycles. The second kappa shape index (κ2) is 6.27. The number of nitrogens with zero attached hydrogens (tertiary/aromatic N) is 1. The van der Waals surface area contributed by atoms with Crippen molar-refractivity contribution in [1.82, 2.24) is 5.43 Å². The van der Waals surface area contributed by atoms with Crippen molar-refractivity contribution < 1.29 is 18.0 Å². The van der Waals surface area contributed by atoms with Crippen molar-refractivity contribution in [2.24, 2.45) is 11.0 Å². The summed E-state index contributed by atoms with van der Waals surface area (Å²) in [6, 6.07) is 3.40. The molecule has 130 valence electrons. The lowest BCUT2D eigenvalue weighted by molar-refractivity contribution is -0.137. The van der Waals surface area contributed by atoms with E-state index in [2.05, 4.69) is 15.8 Å². The van der Waals surface area contributed by atoms with E-state index in [0.29, 0.717) is 12.8 Å². The van der Waals surface area contributed by atoms with Crippen LogP contribution >= 0.6 is 11.6 Å². The van der Waals surface area contributed by atoms with Crippen LogP contribution in [0.2, 0.25) is 5.02 Å². The average molecular weight is 360 g/mol. The molecule has 1 aliphatic carbocycles. The van der Waals surface area contributed by atoms with Crippen molar-refractivity contribution in [2.75, 3.05) is 5.32 Å². The standard InChI is InChI=1S/C16H17ClF3N3O/c17-13-2-1-11(9-12(13)16(18,19)20)22-14(24)10-3-5-15(6-4-10)7-8-21-23-15/h1-2,8-10,23H,3-7H2,(H,22,24). The maximum Gasteiger partial charge on any atom is 0.417 e. The van der Waals surface area contributed by atoms with E-state index in [1.165, 1.54) is 6.07 Å². The van der Waals surface area contributed by atoms with Gasteiger partial charge in [0.1, 0.15) is 0 Å². The quantitative estimate of drug-likeness (QED) is 0.831. The molecule has 0 aromatic heterocycles. The van der Waals surface area contributed by atoms with Gasteiger partial charge in [0.2, 0.25) is 5.91 Å². The third-order valence-corrected chi connectivity index (χ3v) is 5.06. The van der Waals surface area contributed by atoms with Gasteiger partial charge in [-0.25, -0.2) is 0 Å². The summed E-state index contributed by atoms with van der Waals surface area (Å²) in [5.41, 5.74) is 2.23. The highest BCUT2D eigenvalue weighted by atomic mass is 35.5. The summed E-state index contributed by atoms with van der Waals surface area (Å²) in [4.78, 5) is 12.3. The van der Waals surface area contributed by atoms with Crippen LogP contribution in [0.15, 0.2) is 23.3 Å². The number of benzene rings is 1. The minimum absolute atomic E-state index is 0.0412. The van der Waals surface area contributed by atoms with Gasteiger partial charge in [-0.05, 0) is 43.9 Å². The van der Waals surface area contributed by atoms with Gasteiger partial charge in [0, 0.05) is 24.2 Å². The number of hydrogen-bond acceptors (Lipinski definition) is 3. The molecule has 0 radical (unpaired) electrons. The summed E-state index contributed by atoms with van der Waals surface area (Å²) >= 11 is 5.58. The highest BCUT2D eigenvalue weighted by Crippen LogP contribution is 2.38. The number of amides is 1. The Kier molecular flexibility index (Phi) is 4.46. The number of nitrogens with one attached hydrogen (secondary N) is 2. The van der Waals surface area contributed by atoms with Crippen molar-refractivity contribution in [2.45, 2.75) is 43.8 Å². The lowest BCUT2D eigenvalue weighted by Gasteiger charge is -2.36. The van der Waals surface area contributed by atoms with E-state index in [-0.39, 0.29) is 28.1 Å². The molecule has 2 N–H and O–H groups in total. The van der Waals surface area contributed by atoms with Gasteiger partial charge in [-0.1, -0.05) is 11.6 Å². The molecule has 1 saturated carbocycles. The van der Waals surface area contributed by atoms with Gasteiger partial charge >= 0.3 is 6.18 Å². The fourth-order valence-corrected chi connectivity index (χ4v) is 3.49. The summed E-state index contributed by atoms with van der Waals surface area (Å²) in [5, 5.41) is 6.24. The first-order chi connectivity index (χ1) is 11.3. The molecule has 1 aromatic rings. The van der Waals surface area contributed by atoms with Crippen LogP contribution in [0.5, 0.6) is 0 Å². The minimum atomic E-state index is -4.55. The monoisotopic (exact) mass is 359 g/mol. The van der Waals surface area contributed by atoms with Gasteiger partial charge in [0.15, 0.2) is 0 Å². The molecule has 4 nitrogen and oxygen atoms in total. The Morgan fingerprint density at radius 3 is 2.62 bits per heavy atom. The first-order valence-electron chi connectivity index (χ1n) is 7.75. The number of carbonyl (C=O) groups is 1. The van der Waals surface area contributed by atoms with E-state index in [1.54, 1.807) is 0 Å². The van der Waals surface area contributed by atoms with Gasteiger partial charge in [-0.3, -0.25) is 4.79 Å². The number of hydrogen-bond donors (Lipinski definition) is 2. The first kappa shape index (κ1) is 17.1. The van der Waals surface area contributed by atoms with Crippen LogP contribution in [-0.4, -0.2) is 17.7 Å². The second-order valence-corrected chi connectivity index (χ2v) is 6.77. The van der Waals surface area contributed by atoms with Crippen LogP contribution in [0.1, 0.15) is 37.7 Å². The van der Waals surface area contributed by atoms with Crippen LogP contribution in [0.4, 0.5) is 18.9 Å². The Hall–Kier alpha value is -1.76. The number of halogens is 4. The van der Waals surface area contributed by atoms with Crippen molar-refractivity contribution in [3.8, 4) is 0 Å². The number of rotatable bonds is 2. The molecule has 1 spiro atoms. The molecule has 3 rings (SSSR count). The van der Waals surface area contributed by atoms with Crippen LogP contribution in [0.3, 0.4) is 0 Å². The van der Waals surface area contributed by atoms with Crippen LogP contribution in [0.25, 0.3) is 0 Å². The SMILES string of the molecule is O=C(Nc1ccc(Cl)c(C(F)(F)F)c1)C1CCC2(CC=NN2)CC1. The summed E-state index contributed by atoms with van der Waals surface area (Å²) in [7, 11) is 0. The summed E-state index contributed by atoms with van der Waals surface area (Å²) in [6.45, 7) is 0. The smallest absolute Gasteiger partial charge is 0.326 e. The van der Waals surface area contributed by atoms with E-state index in [4.69, 9.17) is 11.6 Å². The molecule has 0 unspecified atom stereocenters. The highest BCUT2D eigenvalue weighted by molar-refractivity contribution is 6.31. The van der Waals surface area contributed by atoms with Crippen molar-refractivity contribution in [3.63, 3.8) is 0 Å². The molecule has 1 fully saturated rings. The molecule has 1 amide bonds. The van der Waals surface area contributed by atoms with Gasteiger partial charge < -0.3 is 10.7 Å². The van der Waals surface area contributed by atoms with E-state index in [1.807, 2.05) is 6.21 Å². The second-order valence-electron chi connectivity index (χ2n) is 6.36. The van der Waals surface area contributed by atoms with Gasteiger partial charge in [-0.15, -0.1) is 0 Å². The maximum atomic E-state index is 12.9. The van der Waals surface area contributed by atoms with E-state index in [0.717, 1.165) is 31.4 Å². The summed E-state index contributed by atoms with van der Waals surface area (Å²) in [6.07, 6.45) is 1.15. The third kappa shape index (κ3) is 3.50. The molecule has 0 bridgehead atoms. The fraction of sp³-hybridized carbons (Fsp3) is 0.500. The van der Waals surface area contributed by atoms with E-state index in [9.17, 15) is 18.0 Å². The Labute approximate surface area is 142 Å². The Morgan fingerprint density at radius 2 is 2.04 bits per heavy atom. The van der Waals surface area contributed by atoms with Crippen LogP contribution in [0, 0.1) is 5.92 Å². The zero-order valence-corrected chi connectivity index (χ0v) is 13.5. The highest BCUT2D eigenvalue weighted by Gasteiger charge is 2.39. The van der Waals surface area contributed by atoms with Gasteiger partial charge in [0.05, 0.1) is 16.1 Å². The predicted octanol–water partition coefficient (Wildman–Crippen LogP) is 4.21. The Balaban J connectivity index is 1.63. The molecule has 8 heteroatoms. The van der Waals surface area contributed by atoms with E-state index >= 15 is 0 Å². The first-order valence-corrected chi connectivity index (χ1v) is 8.13. The van der Waals surface area contributed by atoms with Crippen molar-refractivity contribution in [3.05, 3.63) is 28.8 Å². The largest absolute Gasteiger partial charge is 0.417 e. The van der Waals surface area contributed by atoms with Crippen molar-refractivity contribution >= 4 is 29.4 Å². The maximum absolute atomic E-state index is 12.9. The van der Waals surface area contributed by atoms with Crippen LogP contribution in [-0.2, 0) is 11.0 Å². The lowest BCUT2D eigenvalue weighted by Crippen LogP contribution is -2.44. The van der Waals surface area contributed by atoms with E-state index < -0.39 is 11.7 Å². The van der Waals surface area contributed by atoms with Gasteiger partial charge in [0.25, 0.3) is 0 Å². The molecule has 2 aliphatic rings. The zero-order valence-electron chi connectivity index (χ0n) is 12.8.